The molecule has 1 aromatic carbocycles. The third kappa shape index (κ3) is 2.63. The minimum absolute atomic E-state index is 0.634. The van der Waals surface area contributed by atoms with E-state index < -0.39 is 0 Å². The molecule has 1 aromatic heterocycles. The highest BCUT2D eigenvalue weighted by atomic mass is 14.9. The third-order valence-electron chi connectivity index (χ3n) is 4.53. The zero-order valence-electron chi connectivity index (χ0n) is 13.6. The Labute approximate surface area is 123 Å². The van der Waals surface area contributed by atoms with Crippen LogP contribution in [0.25, 0.3) is 11.3 Å². The van der Waals surface area contributed by atoms with Crippen molar-refractivity contribution in [1.29, 1.82) is 0 Å². The lowest BCUT2D eigenvalue weighted by atomic mass is 9.92. The Balaban J connectivity index is 2.57. The molecule has 0 N–H and O–H groups in total. The first-order valence-electron chi connectivity index (χ1n) is 7.52. The van der Waals surface area contributed by atoms with Crippen LogP contribution in [0, 0.1) is 20.8 Å². The Bertz CT molecular complexity index is 626. The molecule has 1 unspecified atom stereocenters. The van der Waals surface area contributed by atoms with E-state index in [9.17, 15) is 0 Å². The molecule has 2 aromatic rings. The highest BCUT2D eigenvalue weighted by molar-refractivity contribution is 5.65. The zero-order chi connectivity index (χ0) is 14.9. The van der Waals surface area contributed by atoms with E-state index in [1.807, 2.05) is 0 Å². The van der Waals surface area contributed by atoms with Crippen molar-refractivity contribution in [1.82, 2.24) is 0 Å². The minimum atomic E-state index is 0.634. The molecule has 1 atom stereocenters. The van der Waals surface area contributed by atoms with Gasteiger partial charge in [0.25, 0.3) is 0 Å². The first-order chi connectivity index (χ1) is 9.45. The lowest BCUT2D eigenvalue weighted by Crippen LogP contribution is -2.32. The molecular weight excluding hydrogens is 242 g/mol. The van der Waals surface area contributed by atoms with Crippen molar-refractivity contribution in [2.24, 2.45) is 7.05 Å². The Kier molecular flexibility index (Phi) is 4.27. The second-order valence-corrected chi connectivity index (χ2v) is 5.97. The molecule has 0 radical (unpaired) electrons. The number of benzene rings is 1. The second-order valence-electron chi connectivity index (χ2n) is 5.97. The number of aromatic nitrogens is 1. The molecular formula is C19H26N+. The molecule has 0 fully saturated rings. The van der Waals surface area contributed by atoms with Crippen LogP contribution in [0.4, 0.5) is 0 Å². The molecule has 0 saturated heterocycles. The average Bonchev–Trinajstić information content (AvgIpc) is 2.44. The quantitative estimate of drug-likeness (QED) is 0.715. The number of pyridine rings is 1. The number of nitrogens with zero attached hydrogens (tertiary/aromatic N) is 1. The summed E-state index contributed by atoms with van der Waals surface area (Å²) in [5.41, 5.74) is 8.21. The lowest BCUT2D eigenvalue weighted by Gasteiger charge is -2.13. The Morgan fingerprint density at radius 1 is 1.05 bits per heavy atom. The van der Waals surface area contributed by atoms with E-state index in [4.69, 9.17) is 0 Å². The molecule has 0 saturated carbocycles. The van der Waals surface area contributed by atoms with E-state index in [0.717, 1.165) is 0 Å². The van der Waals surface area contributed by atoms with Gasteiger partial charge < -0.3 is 0 Å². The average molecular weight is 268 g/mol. The highest BCUT2D eigenvalue weighted by Gasteiger charge is 2.17. The van der Waals surface area contributed by atoms with Gasteiger partial charge >= 0.3 is 0 Å². The molecule has 0 bridgehead atoms. The van der Waals surface area contributed by atoms with Crippen LogP contribution in [0.3, 0.4) is 0 Å². The molecule has 0 aliphatic carbocycles. The Morgan fingerprint density at radius 2 is 1.75 bits per heavy atom. The smallest absolute Gasteiger partial charge is 0.201 e. The number of hydrogen-bond donors (Lipinski definition) is 0. The van der Waals surface area contributed by atoms with Crippen molar-refractivity contribution in [2.75, 3.05) is 0 Å². The number of aryl methyl sites for hydroxylation is 3. The van der Waals surface area contributed by atoms with Crippen molar-refractivity contribution in [3.8, 4) is 11.3 Å². The predicted molar refractivity (Wildman–Crippen MR) is 86.0 cm³/mol. The predicted octanol–water partition coefficient (Wildman–Crippen LogP) is 4.62. The molecule has 0 aliphatic heterocycles. The lowest BCUT2D eigenvalue weighted by molar-refractivity contribution is -0.660. The van der Waals surface area contributed by atoms with Gasteiger partial charge in [-0.1, -0.05) is 26.0 Å². The van der Waals surface area contributed by atoms with Gasteiger partial charge in [0.05, 0.1) is 0 Å². The van der Waals surface area contributed by atoms with Crippen molar-refractivity contribution in [3.63, 3.8) is 0 Å². The maximum Gasteiger partial charge on any atom is 0.215 e. The van der Waals surface area contributed by atoms with Crippen LogP contribution in [-0.4, -0.2) is 0 Å². The Hall–Kier alpha value is -1.63. The summed E-state index contributed by atoms with van der Waals surface area (Å²) < 4.78 is 2.23. The van der Waals surface area contributed by atoms with Crippen LogP contribution >= 0.6 is 0 Å². The summed E-state index contributed by atoms with van der Waals surface area (Å²) >= 11 is 0. The van der Waals surface area contributed by atoms with Crippen LogP contribution in [-0.2, 0) is 7.05 Å². The summed E-state index contributed by atoms with van der Waals surface area (Å²) in [5, 5.41) is 0. The molecule has 1 heteroatoms. The Morgan fingerprint density at radius 3 is 2.35 bits per heavy atom. The summed E-state index contributed by atoms with van der Waals surface area (Å²) in [5.74, 6) is 0.634. The molecule has 0 aliphatic rings. The zero-order valence-corrected chi connectivity index (χ0v) is 13.6. The van der Waals surface area contributed by atoms with Crippen molar-refractivity contribution < 1.29 is 4.57 Å². The number of rotatable bonds is 3. The molecule has 1 nitrogen and oxygen atoms in total. The van der Waals surface area contributed by atoms with Gasteiger partial charge in [-0.2, -0.15) is 0 Å². The van der Waals surface area contributed by atoms with Gasteiger partial charge in [-0.15, -0.1) is 0 Å². The summed E-state index contributed by atoms with van der Waals surface area (Å²) in [6.07, 6.45) is 3.34. The minimum Gasteiger partial charge on any atom is -0.201 e. The third-order valence-corrected chi connectivity index (χ3v) is 4.53. The van der Waals surface area contributed by atoms with Crippen molar-refractivity contribution in [2.45, 2.75) is 47.0 Å². The highest BCUT2D eigenvalue weighted by Crippen LogP contribution is 2.28. The van der Waals surface area contributed by atoms with Crippen LogP contribution in [0.5, 0.6) is 0 Å². The first-order valence-corrected chi connectivity index (χ1v) is 7.52. The van der Waals surface area contributed by atoms with Crippen molar-refractivity contribution >= 4 is 0 Å². The summed E-state index contributed by atoms with van der Waals surface area (Å²) in [6, 6.07) is 9.11. The first kappa shape index (κ1) is 14.8. The van der Waals surface area contributed by atoms with E-state index in [0.29, 0.717) is 5.92 Å². The summed E-state index contributed by atoms with van der Waals surface area (Å²) in [6.45, 7) is 11.2. The van der Waals surface area contributed by atoms with Gasteiger partial charge in [0, 0.05) is 17.2 Å². The topological polar surface area (TPSA) is 3.88 Å². The normalized spacial score (nSPS) is 12.5. The SMILES string of the molecule is CCC(C)c1ccc(-c2c(C)c(C)cc[n+]2C)c(C)c1. The molecule has 106 valence electrons. The van der Waals surface area contributed by atoms with E-state index in [1.165, 1.54) is 39.9 Å². The van der Waals surface area contributed by atoms with E-state index >= 15 is 0 Å². The van der Waals surface area contributed by atoms with E-state index in [1.54, 1.807) is 0 Å². The van der Waals surface area contributed by atoms with Crippen LogP contribution in [0.1, 0.15) is 48.4 Å². The van der Waals surface area contributed by atoms with Crippen LogP contribution < -0.4 is 4.57 Å². The standard InChI is InChI=1S/C19H26N/c1-7-13(2)17-8-9-18(15(4)12-17)19-16(5)14(3)10-11-20(19)6/h8-13H,7H2,1-6H3/q+1. The maximum atomic E-state index is 2.35. The number of hydrogen-bond acceptors (Lipinski definition) is 0. The van der Waals surface area contributed by atoms with Gasteiger partial charge in [-0.05, 0) is 55.9 Å². The fourth-order valence-corrected chi connectivity index (χ4v) is 2.76. The van der Waals surface area contributed by atoms with E-state index in [2.05, 4.69) is 76.7 Å². The van der Waals surface area contributed by atoms with Gasteiger partial charge in [0.2, 0.25) is 5.69 Å². The van der Waals surface area contributed by atoms with Crippen LogP contribution in [0.2, 0.25) is 0 Å². The van der Waals surface area contributed by atoms with E-state index in [-0.39, 0.29) is 0 Å². The second kappa shape index (κ2) is 5.78. The summed E-state index contributed by atoms with van der Waals surface area (Å²) in [4.78, 5) is 0. The van der Waals surface area contributed by atoms with Gasteiger partial charge in [-0.3, -0.25) is 0 Å². The van der Waals surface area contributed by atoms with Crippen molar-refractivity contribution in [3.05, 3.63) is 52.7 Å². The molecule has 20 heavy (non-hydrogen) atoms. The fraction of sp³-hybridized carbons (Fsp3) is 0.421. The maximum absolute atomic E-state index is 2.35. The molecule has 0 spiro atoms. The van der Waals surface area contributed by atoms with Gasteiger partial charge in [0.1, 0.15) is 7.05 Å². The largest absolute Gasteiger partial charge is 0.215 e. The summed E-state index contributed by atoms with van der Waals surface area (Å²) in [7, 11) is 2.13. The van der Waals surface area contributed by atoms with Crippen LogP contribution in [0.15, 0.2) is 30.5 Å². The van der Waals surface area contributed by atoms with Gasteiger partial charge in [0.15, 0.2) is 6.20 Å². The molecule has 1 heterocycles. The monoisotopic (exact) mass is 268 g/mol. The van der Waals surface area contributed by atoms with Gasteiger partial charge in [-0.25, -0.2) is 4.57 Å². The fourth-order valence-electron chi connectivity index (χ4n) is 2.76. The molecule has 0 amide bonds. The molecule has 2 rings (SSSR count).